The summed E-state index contributed by atoms with van der Waals surface area (Å²) in [6, 6.07) is 74.5. The topological polar surface area (TPSA) is 210 Å². The lowest BCUT2D eigenvalue weighted by Gasteiger charge is -2.30. The van der Waals surface area contributed by atoms with E-state index in [9.17, 15) is 33.3 Å². The van der Waals surface area contributed by atoms with Crippen molar-refractivity contribution in [1.82, 2.24) is 0 Å². The van der Waals surface area contributed by atoms with Crippen LogP contribution in [-0.2, 0) is 115 Å². The molecule has 8 aromatic rings. The predicted molar refractivity (Wildman–Crippen MR) is 376 cm³/mol. The van der Waals surface area contributed by atoms with E-state index in [1.807, 2.05) is 257 Å². The van der Waals surface area contributed by atoms with Crippen LogP contribution in [0.1, 0.15) is 135 Å². The fourth-order valence-electron chi connectivity index (χ4n) is 10.5. The SMILES string of the molecule is CCC[C@@H](OP(=O)(CC(CCC(=O)OCc1ccccc1)C(=O)OCc1ccccc1)CC(CCC(=O)OCc1ccccc1)C(=O)OCc1ccccc1)c1ccccc1.CCC[C@@H](O[P+](=O)CC(CCC(=O)OCc1ccccc1)C(=O)OCc1ccccc1)c1ccccc1. The number of hydrogen-bond acceptors (Lipinski definition) is 16. The summed E-state index contributed by atoms with van der Waals surface area (Å²) < 4.78 is 74.9. The van der Waals surface area contributed by atoms with Gasteiger partial charge in [0.05, 0.1) is 17.9 Å². The maximum atomic E-state index is 15.7. The van der Waals surface area contributed by atoms with Crippen molar-refractivity contribution >= 4 is 51.2 Å². The second-order valence-electron chi connectivity index (χ2n) is 23.7. The summed E-state index contributed by atoms with van der Waals surface area (Å²) >= 11 is 0. The van der Waals surface area contributed by atoms with Gasteiger partial charge in [-0.05, 0) is 81.2 Å². The summed E-state index contributed by atoms with van der Waals surface area (Å²) in [6.07, 6.45) is 0.839. The highest BCUT2D eigenvalue weighted by Crippen LogP contribution is 2.56. The summed E-state index contributed by atoms with van der Waals surface area (Å²) in [6.45, 7) is 4.33. The number of rotatable bonds is 40. The van der Waals surface area contributed by atoms with Crippen molar-refractivity contribution in [2.75, 3.05) is 18.5 Å². The highest BCUT2D eigenvalue weighted by atomic mass is 31.2. The van der Waals surface area contributed by atoms with Crippen molar-refractivity contribution in [3.63, 3.8) is 0 Å². The van der Waals surface area contributed by atoms with Gasteiger partial charge in [0.2, 0.25) is 7.37 Å². The van der Waals surface area contributed by atoms with Gasteiger partial charge in [-0.2, -0.15) is 0 Å². The molecule has 8 aromatic carbocycles. The molecule has 98 heavy (non-hydrogen) atoms. The second-order valence-corrected chi connectivity index (χ2v) is 27.5. The third-order valence-corrected chi connectivity index (χ3v) is 19.7. The molecule has 0 aliphatic carbocycles. The third kappa shape index (κ3) is 28.9. The first kappa shape index (κ1) is 76.2. The number of hydrogen-bond donors (Lipinski definition) is 0. The molecule has 0 amide bonds. The molecule has 16 nitrogen and oxygen atoms in total. The van der Waals surface area contributed by atoms with Gasteiger partial charge in [-0.15, -0.1) is 4.52 Å². The third-order valence-electron chi connectivity index (χ3n) is 15.9. The summed E-state index contributed by atoms with van der Waals surface area (Å²) in [4.78, 5) is 79.6. The molecule has 4 unspecified atom stereocenters. The van der Waals surface area contributed by atoms with Gasteiger partial charge >= 0.3 is 43.8 Å². The van der Waals surface area contributed by atoms with Crippen LogP contribution in [-0.4, -0.2) is 54.3 Å². The van der Waals surface area contributed by atoms with Gasteiger partial charge in [0.1, 0.15) is 51.7 Å². The lowest BCUT2D eigenvalue weighted by molar-refractivity contribution is -0.152. The molecule has 514 valence electrons. The van der Waals surface area contributed by atoms with Crippen LogP contribution < -0.4 is 0 Å². The molecule has 0 spiro atoms. The standard InChI is InChI=1S/C50H55O10P.C30H34O6P/c1-2-18-46(43-27-16-7-17-28-43)60-61(55,37-44(49(53)58-35-41-23-12-5-13-24-41)29-31-47(51)56-33-39-19-8-3-9-20-39)38-45(50(54)59-36-42-25-14-6-15-26-42)30-32-48(52)57-34-40-21-10-4-11-22-40;1-2-12-28(26-17-10-5-11-18-26)36-37(33)23-27(30(32)35-22-25-15-8-4-9-16-25)19-20-29(31)34-21-24-13-6-3-7-14-24/h3-17,19-28,44-46H,2,18,29-38H2,1H3;3-11,13-18,27-28H,2,12,19-23H2,1H3/q;+1/t44?,45?,46-,61?;27?,28-/m11/s1. The molecular formula is C80H89O16P2+. The van der Waals surface area contributed by atoms with Crippen molar-refractivity contribution in [2.45, 2.75) is 130 Å². The van der Waals surface area contributed by atoms with E-state index in [1.54, 1.807) is 0 Å². The summed E-state index contributed by atoms with van der Waals surface area (Å²) in [7, 11) is -6.20. The first-order valence-electron chi connectivity index (χ1n) is 33.4. The van der Waals surface area contributed by atoms with Crippen LogP contribution in [0.4, 0.5) is 0 Å². The molecule has 0 radical (unpaired) electrons. The number of esters is 6. The Balaban J connectivity index is 0.000000311. The van der Waals surface area contributed by atoms with E-state index < -0.39 is 75.1 Å². The Labute approximate surface area is 577 Å². The lowest BCUT2D eigenvalue weighted by atomic mass is 10.1. The first-order valence-corrected chi connectivity index (χ1v) is 36.8. The molecule has 8 rings (SSSR count). The van der Waals surface area contributed by atoms with Crippen molar-refractivity contribution in [3.8, 4) is 0 Å². The quantitative estimate of drug-likeness (QED) is 0.0199. The minimum Gasteiger partial charge on any atom is -0.461 e. The van der Waals surface area contributed by atoms with E-state index in [-0.39, 0.29) is 103 Å². The zero-order valence-corrected chi connectivity index (χ0v) is 57.6. The van der Waals surface area contributed by atoms with E-state index in [4.69, 9.17) is 37.5 Å². The van der Waals surface area contributed by atoms with Gasteiger partial charge in [0.15, 0.2) is 6.16 Å². The zero-order chi connectivity index (χ0) is 69.4. The van der Waals surface area contributed by atoms with Crippen LogP contribution >= 0.6 is 15.4 Å². The van der Waals surface area contributed by atoms with Crippen LogP contribution in [0.5, 0.6) is 0 Å². The molecule has 6 atom stereocenters. The molecule has 0 saturated heterocycles. The molecule has 0 bridgehead atoms. The zero-order valence-electron chi connectivity index (χ0n) is 55.8. The average molecular weight is 1370 g/mol. The monoisotopic (exact) mass is 1370 g/mol. The minimum atomic E-state index is -4.03. The first-order chi connectivity index (χ1) is 47.7. The summed E-state index contributed by atoms with van der Waals surface area (Å²) in [5, 5.41) is 0. The number of carbonyl (C=O) groups excluding carboxylic acids is 6. The van der Waals surface area contributed by atoms with Crippen LogP contribution in [0.25, 0.3) is 0 Å². The van der Waals surface area contributed by atoms with E-state index in [1.165, 1.54) is 0 Å². The second kappa shape index (κ2) is 43.2. The minimum absolute atomic E-state index is 0.0121. The Bertz CT molecular complexity index is 3560. The molecule has 18 heteroatoms. The Morgan fingerprint density at radius 3 is 0.898 bits per heavy atom. The maximum Gasteiger partial charge on any atom is 0.509 e. The normalized spacial score (nSPS) is 13.2. The molecular weight excluding hydrogens is 1280 g/mol. The Morgan fingerprint density at radius 1 is 0.337 bits per heavy atom. The van der Waals surface area contributed by atoms with E-state index in [2.05, 4.69) is 0 Å². The maximum absolute atomic E-state index is 15.7. The van der Waals surface area contributed by atoms with E-state index >= 15 is 4.57 Å². The van der Waals surface area contributed by atoms with Crippen LogP contribution in [0.2, 0.25) is 0 Å². The molecule has 0 aromatic heterocycles. The fourth-order valence-corrected chi connectivity index (χ4v) is 14.9. The van der Waals surface area contributed by atoms with Crippen molar-refractivity contribution in [1.29, 1.82) is 0 Å². The molecule has 0 fully saturated rings. The van der Waals surface area contributed by atoms with Gasteiger partial charge in [0.25, 0.3) is 0 Å². The molecule has 0 aliphatic rings. The van der Waals surface area contributed by atoms with Crippen LogP contribution in [0.3, 0.4) is 0 Å². The number of carbonyl (C=O) groups is 6. The van der Waals surface area contributed by atoms with Crippen LogP contribution in [0, 0.1) is 17.8 Å². The van der Waals surface area contributed by atoms with Gasteiger partial charge in [-0.3, -0.25) is 33.3 Å². The van der Waals surface area contributed by atoms with Crippen LogP contribution in [0.15, 0.2) is 243 Å². The molecule has 0 N–H and O–H groups in total. The molecule has 0 aliphatic heterocycles. The highest BCUT2D eigenvalue weighted by molar-refractivity contribution is 7.59. The lowest BCUT2D eigenvalue weighted by Crippen LogP contribution is -2.28. The Kier molecular flexibility index (Phi) is 33.6. The molecule has 0 saturated carbocycles. The average Bonchev–Trinajstić information content (AvgIpc) is 0.834. The predicted octanol–water partition coefficient (Wildman–Crippen LogP) is 17.8. The highest BCUT2D eigenvalue weighted by Gasteiger charge is 2.40. The largest absolute Gasteiger partial charge is 0.509 e. The summed E-state index contributed by atoms with van der Waals surface area (Å²) in [5.74, 6) is -6.23. The smallest absolute Gasteiger partial charge is 0.461 e. The van der Waals surface area contributed by atoms with Crippen molar-refractivity contribution in [2.24, 2.45) is 17.8 Å². The van der Waals surface area contributed by atoms with Crippen molar-refractivity contribution < 1.29 is 75.4 Å². The fraction of sp³-hybridized carbons (Fsp3) is 0.325. The van der Waals surface area contributed by atoms with Gasteiger partial charge in [0, 0.05) is 31.6 Å². The van der Waals surface area contributed by atoms with Gasteiger partial charge in [-0.25, -0.2) is 0 Å². The Morgan fingerprint density at radius 2 is 0.592 bits per heavy atom. The number of benzene rings is 8. The molecule has 0 heterocycles. The Hall–Kier alpha value is -9.17. The summed E-state index contributed by atoms with van der Waals surface area (Å²) in [5.41, 5.74) is 6.59. The number of ether oxygens (including phenoxy) is 6. The van der Waals surface area contributed by atoms with E-state index in [0.717, 1.165) is 50.9 Å². The van der Waals surface area contributed by atoms with E-state index in [0.29, 0.717) is 19.3 Å². The van der Waals surface area contributed by atoms with Crippen molar-refractivity contribution in [3.05, 3.63) is 287 Å². The van der Waals surface area contributed by atoms with Gasteiger partial charge < -0.3 is 32.9 Å². The van der Waals surface area contributed by atoms with Gasteiger partial charge in [-0.1, -0.05) is 269 Å².